The molecule has 0 radical (unpaired) electrons. The molecule has 1 aliphatic heterocycles. The summed E-state index contributed by atoms with van der Waals surface area (Å²) in [6.45, 7) is 1.47. The fraction of sp³-hybridized carbons (Fsp3) is 0.389. The molecule has 0 unspecified atom stereocenters. The second-order valence-electron chi connectivity index (χ2n) is 5.64. The minimum absolute atomic E-state index is 0.112. The van der Waals surface area contributed by atoms with Crippen LogP contribution >= 0.6 is 11.3 Å². The molecule has 2 heterocycles. The monoisotopic (exact) mass is 347 g/mol. The summed E-state index contributed by atoms with van der Waals surface area (Å²) in [5.74, 6) is 1.79. The summed E-state index contributed by atoms with van der Waals surface area (Å²) < 4.78 is 16.0. The second kappa shape index (κ2) is 7.13. The van der Waals surface area contributed by atoms with E-state index in [1.807, 2.05) is 17.0 Å². The van der Waals surface area contributed by atoms with Gasteiger partial charge in [-0.2, -0.15) is 0 Å². The zero-order valence-corrected chi connectivity index (χ0v) is 14.9. The number of carbonyl (C=O) groups is 1. The number of nitrogens with zero attached hydrogens (tertiary/aromatic N) is 1. The number of carbonyl (C=O) groups excluding carboxylic acids is 1. The maximum absolute atomic E-state index is 12.7. The molecule has 0 aliphatic carbocycles. The quantitative estimate of drug-likeness (QED) is 0.834. The van der Waals surface area contributed by atoms with Crippen molar-refractivity contribution >= 4 is 17.2 Å². The lowest BCUT2D eigenvalue weighted by atomic mass is 10.1. The summed E-state index contributed by atoms with van der Waals surface area (Å²) in [7, 11) is 4.72. The molecule has 6 heteroatoms. The molecule has 24 heavy (non-hydrogen) atoms. The van der Waals surface area contributed by atoms with Crippen LogP contribution in [0, 0.1) is 0 Å². The Labute approximate surface area is 145 Å². The first kappa shape index (κ1) is 16.6. The van der Waals surface area contributed by atoms with E-state index in [1.165, 1.54) is 10.4 Å². The number of hydrogen-bond donors (Lipinski definition) is 0. The van der Waals surface area contributed by atoms with Gasteiger partial charge in [-0.1, -0.05) is 0 Å². The standard InChI is InChI=1S/C18H21NO4S/c1-21-14-8-12(9-15(22-2)18(14)23-3)10-17(20)19-6-4-16-13(11-19)5-7-24-16/h5,7-9H,4,6,10-11H2,1-3H3. The van der Waals surface area contributed by atoms with E-state index in [-0.39, 0.29) is 5.91 Å². The molecule has 128 valence electrons. The zero-order valence-electron chi connectivity index (χ0n) is 14.1. The van der Waals surface area contributed by atoms with E-state index in [2.05, 4.69) is 11.4 Å². The van der Waals surface area contributed by atoms with Crippen LogP contribution in [0.5, 0.6) is 17.2 Å². The number of fused-ring (bicyclic) bond motifs is 1. The Kier molecular flexibility index (Phi) is 4.94. The Morgan fingerprint density at radius 2 is 1.88 bits per heavy atom. The first-order valence-electron chi connectivity index (χ1n) is 7.78. The van der Waals surface area contributed by atoms with E-state index >= 15 is 0 Å². The molecule has 2 aromatic rings. The third-order valence-corrected chi connectivity index (χ3v) is 5.26. The normalized spacial score (nSPS) is 13.4. The molecule has 0 bridgehead atoms. The van der Waals surface area contributed by atoms with E-state index in [1.54, 1.807) is 32.7 Å². The minimum atomic E-state index is 0.112. The molecule has 0 spiro atoms. The van der Waals surface area contributed by atoms with Crippen molar-refractivity contribution in [3.63, 3.8) is 0 Å². The number of thiophene rings is 1. The highest BCUT2D eigenvalue weighted by molar-refractivity contribution is 7.10. The van der Waals surface area contributed by atoms with Crippen LogP contribution in [0.2, 0.25) is 0 Å². The second-order valence-corrected chi connectivity index (χ2v) is 6.65. The van der Waals surface area contributed by atoms with Gasteiger partial charge < -0.3 is 19.1 Å². The van der Waals surface area contributed by atoms with Crippen LogP contribution in [-0.2, 0) is 24.2 Å². The molecule has 0 N–H and O–H groups in total. The van der Waals surface area contributed by atoms with E-state index in [4.69, 9.17) is 14.2 Å². The number of methoxy groups -OCH3 is 3. The van der Waals surface area contributed by atoms with Crippen molar-refractivity contribution < 1.29 is 19.0 Å². The number of rotatable bonds is 5. The molecule has 0 saturated heterocycles. The third-order valence-electron chi connectivity index (χ3n) is 4.24. The van der Waals surface area contributed by atoms with E-state index in [9.17, 15) is 4.79 Å². The van der Waals surface area contributed by atoms with Crippen molar-refractivity contribution in [3.8, 4) is 17.2 Å². The van der Waals surface area contributed by atoms with Crippen molar-refractivity contribution in [2.45, 2.75) is 19.4 Å². The molecule has 0 fully saturated rings. The third kappa shape index (κ3) is 3.19. The van der Waals surface area contributed by atoms with Gasteiger partial charge in [0.25, 0.3) is 0 Å². The number of benzene rings is 1. The predicted molar refractivity (Wildman–Crippen MR) is 93.2 cm³/mol. The van der Waals surface area contributed by atoms with Crippen LogP contribution < -0.4 is 14.2 Å². The molecule has 1 amide bonds. The highest BCUT2D eigenvalue weighted by Gasteiger charge is 2.22. The predicted octanol–water partition coefficient (Wildman–Crippen LogP) is 2.90. The maximum atomic E-state index is 12.7. The van der Waals surface area contributed by atoms with Gasteiger partial charge >= 0.3 is 0 Å². The van der Waals surface area contributed by atoms with Gasteiger partial charge in [0, 0.05) is 18.0 Å². The Bertz CT molecular complexity index is 715. The van der Waals surface area contributed by atoms with Gasteiger partial charge in [0.15, 0.2) is 11.5 Å². The molecule has 5 nitrogen and oxygen atoms in total. The smallest absolute Gasteiger partial charge is 0.227 e. The average Bonchev–Trinajstić information content (AvgIpc) is 3.08. The molecule has 1 aromatic heterocycles. The molecule has 1 aromatic carbocycles. The zero-order chi connectivity index (χ0) is 17.1. The van der Waals surface area contributed by atoms with Crippen molar-refractivity contribution in [2.75, 3.05) is 27.9 Å². The molecule has 0 saturated carbocycles. The Morgan fingerprint density at radius 3 is 2.50 bits per heavy atom. The molecule has 1 aliphatic rings. The fourth-order valence-corrected chi connectivity index (χ4v) is 3.87. The lowest BCUT2D eigenvalue weighted by molar-refractivity contribution is -0.131. The summed E-state index contributed by atoms with van der Waals surface area (Å²) in [5, 5.41) is 2.10. The number of amides is 1. The summed E-state index contributed by atoms with van der Waals surface area (Å²) in [6.07, 6.45) is 1.25. The van der Waals surface area contributed by atoms with Gasteiger partial charge in [-0.3, -0.25) is 4.79 Å². The average molecular weight is 347 g/mol. The lowest BCUT2D eigenvalue weighted by Gasteiger charge is -2.27. The van der Waals surface area contributed by atoms with Gasteiger partial charge in [-0.25, -0.2) is 0 Å². The summed E-state index contributed by atoms with van der Waals surface area (Å²) >= 11 is 1.77. The lowest BCUT2D eigenvalue weighted by Crippen LogP contribution is -2.36. The largest absolute Gasteiger partial charge is 0.493 e. The molecule has 0 atom stereocenters. The van der Waals surface area contributed by atoms with Gasteiger partial charge in [-0.05, 0) is 41.1 Å². The van der Waals surface area contributed by atoms with E-state index < -0.39 is 0 Å². The molecule has 3 rings (SSSR count). The highest BCUT2D eigenvalue weighted by Crippen LogP contribution is 2.38. The van der Waals surface area contributed by atoms with Crippen molar-refractivity contribution in [2.24, 2.45) is 0 Å². The maximum Gasteiger partial charge on any atom is 0.227 e. The van der Waals surface area contributed by atoms with Gasteiger partial charge in [0.1, 0.15) is 0 Å². The Morgan fingerprint density at radius 1 is 1.17 bits per heavy atom. The first-order valence-corrected chi connectivity index (χ1v) is 8.66. The Balaban J connectivity index is 1.77. The van der Waals surface area contributed by atoms with Gasteiger partial charge in [-0.15, -0.1) is 11.3 Å². The number of ether oxygens (including phenoxy) is 3. The van der Waals surface area contributed by atoms with Gasteiger partial charge in [0.2, 0.25) is 11.7 Å². The van der Waals surface area contributed by atoms with E-state index in [0.717, 1.165) is 18.5 Å². The highest BCUT2D eigenvalue weighted by atomic mass is 32.1. The van der Waals surface area contributed by atoms with E-state index in [0.29, 0.717) is 30.2 Å². The SMILES string of the molecule is COc1cc(CC(=O)N2CCc3sccc3C2)cc(OC)c1OC. The van der Waals surface area contributed by atoms with Crippen LogP contribution in [0.25, 0.3) is 0 Å². The summed E-state index contributed by atoms with van der Waals surface area (Å²) in [5.41, 5.74) is 2.12. The first-order chi connectivity index (χ1) is 11.7. The van der Waals surface area contributed by atoms with Gasteiger partial charge in [0.05, 0.1) is 27.8 Å². The fourth-order valence-electron chi connectivity index (χ4n) is 2.99. The van der Waals surface area contributed by atoms with Crippen LogP contribution in [0.3, 0.4) is 0 Å². The topological polar surface area (TPSA) is 48.0 Å². The van der Waals surface area contributed by atoms with Crippen molar-refractivity contribution in [3.05, 3.63) is 39.6 Å². The minimum Gasteiger partial charge on any atom is -0.493 e. The van der Waals surface area contributed by atoms with Crippen molar-refractivity contribution in [1.29, 1.82) is 0 Å². The van der Waals surface area contributed by atoms with Crippen molar-refractivity contribution in [1.82, 2.24) is 4.90 Å². The van der Waals surface area contributed by atoms with Crippen LogP contribution in [-0.4, -0.2) is 38.7 Å². The van der Waals surface area contributed by atoms with Crippen LogP contribution in [0.4, 0.5) is 0 Å². The molecular weight excluding hydrogens is 326 g/mol. The summed E-state index contributed by atoms with van der Waals surface area (Å²) in [6, 6.07) is 5.78. The Hall–Kier alpha value is -2.21. The number of hydrogen-bond acceptors (Lipinski definition) is 5. The summed E-state index contributed by atoms with van der Waals surface area (Å²) in [4.78, 5) is 16.0. The van der Waals surface area contributed by atoms with Crippen LogP contribution in [0.1, 0.15) is 16.0 Å². The van der Waals surface area contributed by atoms with Crippen LogP contribution in [0.15, 0.2) is 23.6 Å². The molecular formula is C18H21NO4S.